The van der Waals surface area contributed by atoms with Crippen LogP contribution in [0.4, 0.5) is 10.1 Å². The molecule has 1 aromatic carbocycles. The van der Waals surface area contributed by atoms with E-state index in [-0.39, 0.29) is 5.82 Å². The van der Waals surface area contributed by atoms with Crippen molar-refractivity contribution in [2.75, 3.05) is 18.0 Å². The number of nitrogens with zero attached hydrogens (tertiary/aromatic N) is 1. The van der Waals surface area contributed by atoms with Crippen LogP contribution in [-0.2, 0) is 0 Å². The van der Waals surface area contributed by atoms with Gasteiger partial charge in [-0.15, -0.1) is 0 Å². The van der Waals surface area contributed by atoms with Gasteiger partial charge in [0.25, 0.3) is 0 Å². The lowest BCUT2D eigenvalue weighted by atomic mass is 10.0. The Morgan fingerprint density at radius 3 is 3.06 bits per heavy atom. The lowest BCUT2D eigenvalue weighted by Crippen LogP contribution is -2.55. The third-order valence-corrected chi connectivity index (χ3v) is 4.11. The smallest absolute Gasteiger partial charge is 0.123 e. The normalized spacial score (nSPS) is 28.2. The number of hydrogen-bond acceptors (Lipinski definition) is 2. The molecule has 1 aliphatic heterocycles. The predicted molar refractivity (Wildman–Crippen MR) is 67.9 cm³/mol. The minimum Gasteiger partial charge on any atom is -0.365 e. The fourth-order valence-corrected chi connectivity index (χ4v) is 3.33. The molecule has 1 aliphatic carbocycles. The summed E-state index contributed by atoms with van der Waals surface area (Å²) < 4.78 is 13.2. The van der Waals surface area contributed by atoms with E-state index in [9.17, 15) is 4.39 Å². The molecule has 0 radical (unpaired) electrons. The highest BCUT2D eigenvalue weighted by Crippen LogP contribution is 2.32. The van der Waals surface area contributed by atoms with E-state index < -0.39 is 0 Å². The first-order valence-corrected chi connectivity index (χ1v) is 6.52. The summed E-state index contributed by atoms with van der Waals surface area (Å²) in [5.41, 5.74) is 2.27. The Kier molecular flexibility index (Phi) is 2.79. The van der Waals surface area contributed by atoms with Crippen LogP contribution in [0.1, 0.15) is 24.8 Å². The summed E-state index contributed by atoms with van der Waals surface area (Å²) in [5, 5.41) is 3.60. The number of hydrogen-bond donors (Lipinski definition) is 1. The molecule has 3 heteroatoms. The van der Waals surface area contributed by atoms with Crippen molar-refractivity contribution in [2.45, 2.75) is 38.3 Å². The van der Waals surface area contributed by atoms with Crippen LogP contribution in [-0.4, -0.2) is 25.2 Å². The first-order valence-electron chi connectivity index (χ1n) is 6.52. The molecule has 17 heavy (non-hydrogen) atoms. The van der Waals surface area contributed by atoms with Crippen LogP contribution in [0.15, 0.2) is 18.2 Å². The van der Waals surface area contributed by atoms with E-state index in [1.165, 1.54) is 24.9 Å². The summed E-state index contributed by atoms with van der Waals surface area (Å²) >= 11 is 0. The van der Waals surface area contributed by atoms with Crippen molar-refractivity contribution >= 4 is 5.69 Å². The first-order chi connectivity index (χ1) is 8.25. The molecule has 92 valence electrons. The second-order valence-electron chi connectivity index (χ2n) is 5.18. The van der Waals surface area contributed by atoms with Gasteiger partial charge in [-0.3, -0.25) is 0 Å². The maximum atomic E-state index is 13.2. The monoisotopic (exact) mass is 234 g/mol. The van der Waals surface area contributed by atoms with E-state index in [2.05, 4.69) is 10.2 Å². The van der Waals surface area contributed by atoms with Crippen LogP contribution in [0.5, 0.6) is 0 Å². The molecule has 0 unspecified atom stereocenters. The summed E-state index contributed by atoms with van der Waals surface area (Å²) in [4.78, 5) is 2.48. The molecular weight excluding hydrogens is 215 g/mol. The fraction of sp³-hybridized carbons (Fsp3) is 0.571. The van der Waals surface area contributed by atoms with Crippen LogP contribution in [0.2, 0.25) is 0 Å². The molecule has 1 saturated carbocycles. The van der Waals surface area contributed by atoms with Crippen molar-refractivity contribution in [1.82, 2.24) is 5.32 Å². The summed E-state index contributed by atoms with van der Waals surface area (Å²) in [6.45, 7) is 4.08. The molecular formula is C14H19FN2. The highest BCUT2D eigenvalue weighted by molar-refractivity contribution is 5.55. The van der Waals surface area contributed by atoms with Crippen LogP contribution < -0.4 is 10.2 Å². The third kappa shape index (κ3) is 1.93. The third-order valence-electron chi connectivity index (χ3n) is 4.11. The molecule has 2 fully saturated rings. The molecule has 2 aliphatic rings. The Hall–Kier alpha value is -1.09. The highest BCUT2D eigenvalue weighted by atomic mass is 19.1. The van der Waals surface area contributed by atoms with E-state index in [4.69, 9.17) is 0 Å². The van der Waals surface area contributed by atoms with Crippen molar-refractivity contribution in [1.29, 1.82) is 0 Å². The Balaban J connectivity index is 1.91. The molecule has 0 aromatic heterocycles. The van der Waals surface area contributed by atoms with Gasteiger partial charge in [-0.1, -0.05) is 0 Å². The van der Waals surface area contributed by atoms with Gasteiger partial charge in [0.2, 0.25) is 0 Å². The summed E-state index contributed by atoms with van der Waals surface area (Å²) in [6, 6.07) is 6.39. The van der Waals surface area contributed by atoms with E-state index in [0.29, 0.717) is 12.1 Å². The van der Waals surface area contributed by atoms with E-state index in [1.807, 2.05) is 13.0 Å². The molecule has 1 N–H and O–H groups in total. The van der Waals surface area contributed by atoms with Gasteiger partial charge in [0.15, 0.2) is 0 Å². The highest BCUT2D eigenvalue weighted by Gasteiger charge is 2.35. The number of halogens is 1. The predicted octanol–water partition coefficient (Wildman–Crippen LogP) is 2.46. The number of benzene rings is 1. The first kappa shape index (κ1) is 11.0. The molecule has 1 heterocycles. The standard InChI is InChI=1S/C14H19FN2/c1-10-9-11(15)5-6-13(10)17-8-7-16-12-3-2-4-14(12)17/h5-6,9,12,14,16H,2-4,7-8H2,1H3/t12-,14-/m1/s1. The van der Waals surface area contributed by atoms with Crippen molar-refractivity contribution in [3.8, 4) is 0 Å². The van der Waals surface area contributed by atoms with Gasteiger partial charge in [0.05, 0.1) is 0 Å². The average Bonchev–Trinajstić information content (AvgIpc) is 2.77. The minimum atomic E-state index is -0.135. The van der Waals surface area contributed by atoms with E-state index in [0.717, 1.165) is 18.7 Å². The Morgan fingerprint density at radius 2 is 2.24 bits per heavy atom. The summed E-state index contributed by atoms with van der Waals surface area (Å²) in [6.07, 6.45) is 3.84. The van der Waals surface area contributed by atoms with Crippen LogP contribution in [0.25, 0.3) is 0 Å². The topological polar surface area (TPSA) is 15.3 Å². The van der Waals surface area contributed by atoms with Gasteiger partial charge in [0.1, 0.15) is 5.82 Å². The zero-order valence-electron chi connectivity index (χ0n) is 10.2. The second kappa shape index (κ2) is 4.30. The summed E-state index contributed by atoms with van der Waals surface area (Å²) in [5.74, 6) is -0.135. The molecule has 1 saturated heterocycles. The zero-order chi connectivity index (χ0) is 11.8. The van der Waals surface area contributed by atoms with Crippen molar-refractivity contribution in [3.05, 3.63) is 29.6 Å². The van der Waals surface area contributed by atoms with Crippen LogP contribution in [0, 0.1) is 12.7 Å². The van der Waals surface area contributed by atoms with Gasteiger partial charge in [-0.05, 0) is 49.9 Å². The van der Waals surface area contributed by atoms with Gasteiger partial charge >= 0.3 is 0 Å². The largest absolute Gasteiger partial charge is 0.365 e. The number of rotatable bonds is 1. The van der Waals surface area contributed by atoms with Crippen molar-refractivity contribution in [2.24, 2.45) is 0 Å². The van der Waals surface area contributed by atoms with Crippen LogP contribution >= 0.6 is 0 Å². The molecule has 0 spiro atoms. The fourth-order valence-electron chi connectivity index (χ4n) is 3.33. The zero-order valence-corrected chi connectivity index (χ0v) is 10.2. The number of aryl methyl sites for hydroxylation is 1. The van der Waals surface area contributed by atoms with Gasteiger partial charge < -0.3 is 10.2 Å². The van der Waals surface area contributed by atoms with Crippen molar-refractivity contribution in [3.63, 3.8) is 0 Å². The second-order valence-corrected chi connectivity index (χ2v) is 5.18. The van der Waals surface area contributed by atoms with Gasteiger partial charge in [-0.2, -0.15) is 0 Å². The quantitative estimate of drug-likeness (QED) is 0.803. The molecule has 1 aromatic rings. The SMILES string of the molecule is Cc1cc(F)ccc1N1CCN[C@@H]2CCC[C@H]21. The lowest BCUT2D eigenvalue weighted by molar-refractivity contribution is 0.403. The molecule has 0 bridgehead atoms. The number of nitrogens with one attached hydrogen (secondary N) is 1. The maximum absolute atomic E-state index is 13.2. The minimum absolute atomic E-state index is 0.135. The number of fused-ring (bicyclic) bond motifs is 1. The van der Waals surface area contributed by atoms with E-state index >= 15 is 0 Å². The number of piperazine rings is 1. The van der Waals surface area contributed by atoms with Crippen LogP contribution in [0.3, 0.4) is 0 Å². The van der Waals surface area contributed by atoms with Gasteiger partial charge in [-0.25, -0.2) is 4.39 Å². The lowest BCUT2D eigenvalue weighted by Gasteiger charge is -2.40. The maximum Gasteiger partial charge on any atom is 0.123 e. The Labute approximate surface area is 102 Å². The molecule has 0 amide bonds. The number of anilines is 1. The average molecular weight is 234 g/mol. The van der Waals surface area contributed by atoms with Gasteiger partial charge in [0, 0.05) is 30.9 Å². The van der Waals surface area contributed by atoms with E-state index in [1.54, 1.807) is 12.1 Å². The Bertz CT molecular complexity index is 419. The molecule has 2 nitrogen and oxygen atoms in total. The van der Waals surface area contributed by atoms with Crippen molar-refractivity contribution < 1.29 is 4.39 Å². The Morgan fingerprint density at radius 1 is 1.35 bits per heavy atom. The molecule has 2 atom stereocenters. The molecule has 3 rings (SSSR count). The summed E-state index contributed by atoms with van der Waals surface area (Å²) in [7, 11) is 0.